The van der Waals surface area contributed by atoms with Crippen LogP contribution >= 0.6 is 34.8 Å². The van der Waals surface area contributed by atoms with Gasteiger partial charge in [0.05, 0.1) is 32.3 Å². The van der Waals surface area contributed by atoms with Gasteiger partial charge in [-0.15, -0.1) is 0 Å². The van der Waals surface area contributed by atoms with Crippen molar-refractivity contribution in [2.75, 3.05) is 23.3 Å². The third-order valence-electron chi connectivity index (χ3n) is 8.55. The van der Waals surface area contributed by atoms with Gasteiger partial charge < -0.3 is 20.1 Å². The van der Waals surface area contributed by atoms with Crippen LogP contribution in [-0.2, 0) is 24.8 Å². The monoisotopic (exact) mass is 655 g/mol. The molecule has 2 N–H and O–H groups in total. The Morgan fingerprint density at radius 2 is 1.73 bits per heavy atom. The Bertz CT molecular complexity index is 1810. The number of nitrogens with zero attached hydrogens (tertiary/aromatic N) is 3. The summed E-state index contributed by atoms with van der Waals surface area (Å²) in [6, 6.07) is 11.6. The number of rotatable bonds is 7. The lowest BCUT2D eigenvalue weighted by atomic mass is 9.95. The zero-order valence-electron chi connectivity index (χ0n) is 24.9. The fourth-order valence-corrected chi connectivity index (χ4v) is 6.48. The molecule has 2 unspecified atom stereocenters. The summed E-state index contributed by atoms with van der Waals surface area (Å²) in [7, 11) is 1.93. The van der Waals surface area contributed by atoms with E-state index in [1.54, 1.807) is 18.2 Å². The summed E-state index contributed by atoms with van der Waals surface area (Å²) in [6.45, 7) is 7.62. The minimum atomic E-state index is -0.605. The number of halogens is 4. The van der Waals surface area contributed by atoms with Crippen molar-refractivity contribution in [1.82, 2.24) is 14.9 Å². The lowest BCUT2D eigenvalue weighted by Crippen LogP contribution is -2.34. The van der Waals surface area contributed by atoms with E-state index in [9.17, 15) is 14.0 Å². The van der Waals surface area contributed by atoms with Gasteiger partial charge >= 0.3 is 0 Å². The Labute approximate surface area is 270 Å². The summed E-state index contributed by atoms with van der Waals surface area (Å²) < 4.78 is 16.1. The molecule has 2 aliphatic rings. The number of fused-ring (bicyclic) bond motifs is 2. The van der Waals surface area contributed by atoms with Crippen molar-refractivity contribution in [3.05, 3.63) is 85.9 Å². The second-order valence-electron chi connectivity index (χ2n) is 12.8. The SMILES string of the molecule is Cn1c(Cc2c(Cl)ccc(CNC(=O)C(C)(C)C)c2Cl)nc2cc(C(=O)Nc3ccc(Cl)c(F)c3)c(N3CC4CC4C3)cc21. The van der Waals surface area contributed by atoms with Gasteiger partial charge in [-0.3, -0.25) is 9.59 Å². The zero-order valence-corrected chi connectivity index (χ0v) is 27.2. The topological polar surface area (TPSA) is 79.3 Å². The second-order valence-corrected chi connectivity index (χ2v) is 14.0. The van der Waals surface area contributed by atoms with E-state index in [4.69, 9.17) is 39.8 Å². The average molecular weight is 657 g/mol. The van der Waals surface area contributed by atoms with Crippen LogP contribution in [0.2, 0.25) is 15.1 Å². The number of hydrogen-bond donors (Lipinski definition) is 2. The van der Waals surface area contributed by atoms with Crippen LogP contribution in [0.4, 0.5) is 15.8 Å². The van der Waals surface area contributed by atoms with E-state index in [1.165, 1.54) is 18.6 Å². The summed E-state index contributed by atoms with van der Waals surface area (Å²) in [6.07, 6.45) is 1.57. The van der Waals surface area contributed by atoms with Crippen molar-refractivity contribution in [1.29, 1.82) is 0 Å². The smallest absolute Gasteiger partial charge is 0.257 e. The van der Waals surface area contributed by atoms with E-state index < -0.39 is 11.2 Å². The predicted molar refractivity (Wildman–Crippen MR) is 174 cm³/mol. The van der Waals surface area contributed by atoms with Crippen molar-refractivity contribution in [3.8, 4) is 0 Å². The van der Waals surface area contributed by atoms with Gasteiger partial charge in [0.2, 0.25) is 5.91 Å². The van der Waals surface area contributed by atoms with E-state index >= 15 is 0 Å². The Kier molecular flexibility index (Phi) is 8.05. The van der Waals surface area contributed by atoms with Crippen LogP contribution in [0.25, 0.3) is 11.0 Å². The number of anilines is 2. The van der Waals surface area contributed by atoms with Gasteiger partial charge in [0.25, 0.3) is 5.91 Å². The largest absolute Gasteiger partial charge is 0.370 e. The number of aryl methyl sites for hydroxylation is 1. The molecule has 2 atom stereocenters. The van der Waals surface area contributed by atoms with Crippen molar-refractivity contribution >= 4 is 69.0 Å². The Balaban J connectivity index is 1.33. The minimum absolute atomic E-state index is 0.0113. The molecule has 0 spiro atoms. The molecule has 7 nitrogen and oxygen atoms in total. The average Bonchev–Trinajstić information content (AvgIpc) is 3.45. The van der Waals surface area contributed by atoms with Gasteiger partial charge in [-0.25, -0.2) is 9.37 Å². The van der Waals surface area contributed by atoms with Gasteiger partial charge in [-0.1, -0.05) is 61.6 Å². The van der Waals surface area contributed by atoms with Crippen molar-refractivity contribution in [2.24, 2.45) is 24.3 Å². The second kappa shape index (κ2) is 11.5. The van der Waals surface area contributed by atoms with E-state index in [1.807, 2.05) is 44.5 Å². The number of nitrogens with one attached hydrogen (secondary N) is 2. The number of carbonyl (C=O) groups is 2. The summed E-state index contributed by atoms with van der Waals surface area (Å²) in [4.78, 5) is 33.2. The first-order valence-electron chi connectivity index (χ1n) is 14.5. The molecule has 1 saturated carbocycles. The lowest BCUT2D eigenvalue weighted by molar-refractivity contribution is -0.128. The van der Waals surface area contributed by atoms with Crippen LogP contribution in [0.1, 0.15) is 54.5 Å². The van der Waals surface area contributed by atoms with Crippen LogP contribution in [0, 0.1) is 23.1 Å². The molecule has 6 rings (SSSR count). The fourth-order valence-electron chi connectivity index (χ4n) is 5.79. The molecule has 0 radical (unpaired) electrons. The molecule has 3 aromatic carbocycles. The molecular weight excluding hydrogens is 624 g/mol. The van der Waals surface area contributed by atoms with Crippen molar-refractivity contribution < 1.29 is 14.0 Å². The molecule has 1 aliphatic carbocycles. The van der Waals surface area contributed by atoms with E-state index in [0.717, 1.165) is 29.9 Å². The molecule has 2 fully saturated rings. The lowest BCUT2D eigenvalue weighted by Gasteiger charge is -2.23. The van der Waals surface area contributed by atoms with Gasteiger partial charge in [0, 0.05) is 49.2 Å². The van der Waals surface area contributed by atoms with Gasteiger partial charge in [-0.2, -0.15) is 0 Å². The van der Waals surface area contributed by atoms with Crippen LogP contribution in [-0.4, -0.2) is 34.5 Å². The maximum absolute atomic E-state index is 14.1. The first kappa shape index (κ1) is 30.7. The van der Waals surface area contributed by atoms with Crippen molar-refractivity contribution in [3.63, 3.8) is 0 Å². The van der Waals surface area contributed by atoms with Crippen LogP contribution in [0.5, 0.6) is 0 Å². The van der Waals surface area contributed by atoms with Crippen LogP contribution < -0.4 is 15.5 Å². The van der Waals surface area contributed by atoms with E-state index in [0.29, 0.717) is 56.5 Å². The van der Waals surface area contributed by atoms with Crippen LogP contribution in [0.3, 0.4) is 0 Å². The molecule has 2 amide bonds. The maximum Gasteiger partial charge on any atom is 0.257 e. The summed E-state index contributed by atoms with van der Waals surface area (Å²) in [5, 5.41) is 6.74. The number of hydrogen-bond acceptors (Lipinski definition) is 4. The summed E-state index contributed by atoms with van der Waals surface area (Å²) >= 11 is 19.3. The quantitative estimate of drug-likeness (QED) is 0.214. The minimum Gasteiger partial charge on any atom is -0.370 e. The molecule has 4 aromatic rings. The Morgan fingerprint density at radius 1 is 1.02 bits per heavy atom. The highest BCUT2D eigenvalue weighted by molar-refractivity contribution is 6.36. The van der Waals surface area contributed by atoms with Crippen LogP contribution in [0.15, 0.2) is 42.5 Å². The van der Waals surface area contributed by atoms with Crippen molar-refractivity contribution in [2.45, 2.75) is 40.2 Å². The van der Waals surface area contributed by atoms with E-state index in [2.05, 4.69) is 15.5 Å². The highest BCUT2D eigenvalue weighted by atomic mass is 35.5. The first-order valence-corrected chi connectivity index (χ1v) is 15.7. The number of imidazole rings is 1. The number of carbonyl (C=O) groups excluding carboxylic acids is 2. The molecule has 0 bridgehead atoms. The number of amides is 2. The third-order valence-corrected chi connectivity index (χ3v) is 9.69. The van der Waals surface area contributed by atoms with Gasteiger partial charge in [0.1, 0.15) is 11.6 Å². The zero-order chi connectivity index (χ0) is 31.5. The molecule has 2 heterocycles. The molecule has 11 heteroatoms. The van der Waals surface area contributed by atoms with E-state index in [-0.39, 0.29) is 23.4 Å². The first-order chi connectivity index (χ1) is 20.8. The number of benzene rings is 3. The standard InChI is InChI=1S/C33H33Cl3FN5O2/c1-33(2,3)32(44)38-14-17-5-7-23(34)21(30(17)36)12-29-40-26-11-22(31(43)39-20-6-8-24(35)25(37)10-20)27(13-28(26)41(29)4)42-15-18-9-19(18)16-42/h5-8,10-11,13,18-19H,9,12,14-16H2,1-4H3,(H,38,44)(H,39,43). The third kappa shape index (κ3) is 6.00. The highest BCUT2D eigenvalue weighted by Gasteiger charge is 2.45. The molecule has 1 aromatic heterocycles. The number of aromatic nitrogens is 2. The molecule has 44 heavy (non-hydrogen) atoms. The molecule has 1 saturated heterocycles. The Hall–Kier alpha value is -3.33. The normalized spacial score (nSPS) is 17.6. The maximum atomic E-state index is 14.1. The van der Waals surface area contributed by atoms with Gasteiger partial charge in [0.15, 0.2) is 0 Å². The fraction of sp³-hybridized carbons (Fsp3) is 0.364. The summed E-state index contributed by atoms with van der Waals surface area (Å²) in [5.41, 5.74) is 4.05. The summed E-state index contributed by atoms with van der Waals surface area (Å²) in [5.74, 6) is 0.983. The number of piperidine rings is 1. The molecular formula is C33H33Cl3FN5O2. The molecule has 1 aliphatic heterocycles. The van der Waals surface area contributed by atoms with Gasteiger partial charge in [-0.05, 0) is 65.8 Å². The predicted octanol–water partition coefficient (Wildman–Crippen LogP) is 7.63. The highest BCUT2D eigenvalue weighted by Crippen LogP contribution is 2.47. The Morgan fingerprint density at radius 3 is 2.41 bits per heavy atom. The molecule has 230 valence electrons.